The zero-order chi connectivity index (χ0) is 12.9. The fraction of sp³-hybridized carbons (Fsp3) is 0.533. The van der Waals surface area contributed by atoms with Crippen LogP contribution in [0.4, 0.5) is 5.69 Å². The highest BCUT2D eigenvalue weighted by molar-refractivity contribution is 5.66. The molecule has 1 aromatic rings. The second-order valence-corrected chi connectivity index (χ2v) is 6.13. The van der Waals surface area contributed by atoms with Crippen molar-refractivity contribution >= 4 is 5.69 Å². The summed E-state index contributed by atoms with van der Waals surface area (Å²) in [4.78, 5) is 4.94. The minimum absolute atomic E-state index is 0.194. The molecule has 0 saturated heterocycles. The molecule has 3 N–H and O–H groups in total. The molecule has 2 aliphatic rings. The van der Waals surface area contributed by atoms with Gasteiger partial charge in [0.2, 0.25) is 0 Å². The maximum atomic E-state index is 5.75. The van der Waals surface area contributed by atoms with Crippen LogP contribution >= 0.6 is 0 Å². The van der Waals surface area contributed by atoms with Gasteiger partial charge in [-0.05, 0) is 43.2 Å². The number of anilines is 1. The van der Waals surface area contributed by atoms with Crippen LogP contribution in [0.1, 0.15) is 49.2 Å². The first-order valence-corrected chi connectivity index (χ1v) is 6.75. The van der Waals surface area contributed by atoms with Gasteiger partial charge in [-0.25, -0.2) is 0 Å². The lowest BCUT2D eigenvalue weighted by molar-refractivity contribution is 0.508. The SMILES string of the molecule is C=C(N)Nc1c2c(nc3c1CCC3(C)C)CCC2. The van der Waals surface area contributed by atoms with Crippen molar-refractivity contribution in [1.82, 2.24) is 4.98 Å². The number of nitrogens with two attached hydrogens (primary N) is 1. The lowest BCUT2D eigenvalue weighted by Crippen LogP contribution is -2.17. The Hall–Kier alpha value is -1.51. The van der Waals surface area contributed by atoms with E-state index in [1.165, 1.54) is 41.0 Å². The number of aryl methyl sites for hydroxylation is 1. The summed E-state index contributed by atoms with van der Waals surface area (Å²) >= 11 is 0. The number of hydrogen-bond donors (Lipinski definition) is 2. The average molecular weight is 243 g/mol. The van der Waals surface area contributed by atoms with E-state index in [1.807, 2.05) is 0 Å². The summed E-state index contributed by atoms with van der Waals surface area (Å²) in [5, 5.41) is 3.29. The second-order valence-electron chi connectivity index (χ2n) is 6.13. The van der Waals surface area contributed by atoms with Crippen LogP contribution in [0.2, 0.25) is 0 Å². The number of rotatable bonds is 2. The van der Waals surface area contributed by atoms with Gasteiger partial charge in [-0.3, -0.25) is 4.98 Å². The molecule has 0 aliphatic heterocycles. The van der Waals surface area contributed by atoms with E-state index in [-0.39, 0.29) is 5.41 Å². The minimum Gasteiger partial charge on any atom is -0.386 e. The van der Waals surface area contributed by atoms with Gasteiger partial charge < -0.3 is 11.1 Å². The van der Waals surface area contributed by atoms with Gasteiger partial charge in [0.1, 0.15) is 0 Å². The Morgan fingerprint density at radius 3 is 2.78 bits per heavy atom. The van der Waals surface area contributed by atoms with Crippen molar-refractivity contribution in [2.45, 2.75) is 51.4 Å². The molecule has 0 atom stereocenters. The molecule has 0 unspecified atom stereocenters. The van der Waals surface area contributed by atoms with Crippen LogP contribution in [0.5, 0.6) is 0 Å². The number of nitrogens with one attached hydrogen (secondary N) is 1. The van der Waals surface area contributed by atoms with Crippen LogP contribution in [0, 0.1) is 0 Å². The molecule has 3 rings (SSSR count). The zero-order valence-electron chi connectivity index (χ0n) is 11.3. The first kappa shape index (κ1) is 11.6. The maximum absolute atomic E-state index is 5.75. The number of nitrogens with zero attached hydrogens (tertiary/aromatic N) is 1. The van der Waals surface area contributed by atoms with Crippen molar-refractivity contribution in [3.05, 3.63) is 34.9 Å². The van der Waals surface area contributed by atoms with Gasteiger partial charge in [-0.2, -0.15) is 0 Å². The first-order valence-electron chi connectivity index (χ1n) is 6.75. The van der Waals surface area contributed by atoms with Gasteiger partial charge in [0.25, 0.3) is 0 Å². The molecule has 0 bridgehead atoms. The van der Waals surface area contributed by atoms with Crippen molar-refractivity contribution in [3.63, 3.8) is 0 Å². The van der Waals surface area contributed by atoms with Gasteiger partial charge >= 0.3 is 0 Å². The van der Waals surface area contributed by atoms with Crippen LogP contribution < -0.4 is 11.1 Å². The van der Waals surface area contributed by atoms with E-state index in [1.54, 1.807) is 0 Å². The largest absolute Gasteiger partial charge is 0.386 e. The zero-order valence-corrected chi connectivity index (χ0v) is 11.3. The van der Waals surface area contributed by atoms with Crippen molar-refractivity contribution < 1.29 is 0 Å². The molecule has 0 spiro atoms. The van der Waals surface area contributed by atoms with E-state index in [0.29, 0.717) is 5.82 Å². The highest BCUT2D eigenvalue weighted by Gasteiger charge is 2.36. The predicted octanol–water partition coefficient (Wildman–Crippen LogP) is 2.64. The van der Waals surface area contributed by atoms with E-state index in [9.17, 15) is 0 Å². The van der Waals surface area contributed by atoms with Crippen LogP contribution in [-0.2, 0) is 24.7 Å². The third-order valence-corrected chi connectivity index (χ3v) is 4.25. The highest BCUT2D eigenvalue weighted by Crippen LogP contribution is 2.44. The number of aromatic nitrogens is 1. The number of pyridine rings is 1. The third-order valence-electron chi connectivity index (χ3n) is 4.25. The van der Waals surface area contributed by atoms with Gasteiger partial charge in [-0.15, -0.1) is 0 Å². The molecule has 96 valence electrons. The first-order chi connectivity index (χ1) is 8.49. The minimum atomic E-state index is 0.194. The molecule has 0 radical (unpaired) electrons. The van der Waals surface area contributed by atoms with E-state index in [0.717, 1.165) is 19.3 Å². The van der Waals surface area contributed by atoms with Crippen LogP contribution in [0.3, 0.4) is 0 Å². The van der Waals surface area contributed by atoms with Gasteiger partial charge in [0, 0.05) is 16.8 Å². The molecular weight excluding hydrogens is 222 g/mol. The summed E-state index contributed by atoms with van der Waals surface area (Å²) in [5.74, 6) is 0.530. The molecule has 1 heterocycles. The molecule has 0 saturated carbocycles. The van der Waals surface area contributed by atoms with E-state index >= 15 is 0 Å². The number of hydrogen-bond acceptors (Lipinski definition) is 3. The number of fused-ring (bicyclic) bond motifs is 2. The third kappa shape index (κ3) is 1.61. The monoisotopic (exact) mass is 243 g/mol. The quantitative estimate of drug-likeness (QED) is 0.839. The van der Waals surface area contributed by atoms with Crippen LogP contribution in [0.15, 0.2) is 12.4 Å². The Morgan fingerprint density at radius 1 is 1.28 bits per heavy atom. The second kappa shape index (κ2) is 3.74. The highest BCUT2D eigenvalue weighted by atomic mass is 15.0. The van der Waals surface area contributed by atoms with Crippen molar-refractivity contribution in [3.8, 4) is 0 Å². The van der Waals surface area contributed by atoms with E-state index < -0.39 is 0 Å². The lowest BCUT2D eigenvalue weighted by atomic mass is 9.90. The molecule has 0 fully saturated rings. The van der Waals surface area contributed by atoms with Crippen LogP contribution in [-0.4, -0.2) is 4.98 Å². The van der Waals surface area contributed by atoms with Gasteiger partial charge in [0.15, 0.2) is 0 Å². The average Bonchev–Trinajstić information content (AvgIpc) is 2.84. The normalized spacial score (nSPS) is 19.4. The van der Waals surface area contributed by atoms with Crippen molar-refractivity contribution in [2.75, 3.05) is 5.32 Å². The molecule has 0 amide bonds. The Morgan fingerprint density at radius 2 is 2.06 bits per heavy atom. The molecule has 1 aromatic heterocycles. The van der Waals surface area contributed by atoms with Crippen molar-refractivity contribution in [2.24, 2.45) is 5.73 Å². The van der Waals surface area contributed by atoms with E-state index in [2.05, 4.69) is 25.7 Å². The Labute approximate surface area is 108 Å². The van der Waals surface area contributed by atoms with Gasteiger partial charge in [-0.1, -0.05) is 20.4 Å². The summed E-state index contributed by atoms with van der Waals surface area (Å²) in [5.41, 5.74) is 12.4. The predicted molar refractivity (Wildman–Crippen MR) is 74.6 cm³/mol. The van der Waals surface area contributed by atoms with Crippen molar-refractivity contribution in [1.29, 1.82) is 0 Å². The molecule has 18 heavy (non-hydrogen) atoms. The Bertz CT molecular complexity index is 529. The smallest absolute Gasteiger partial charge is 0.0930 e. The molecule has 3 heteroatoms. The summed E-state index contributed by atoms with van der Waals surface area (Å²) in [6, 6.07) is 0. The van der Waals surface area contributed by atoms with Gasteiger partial charge in [0.05, 0.1) is 11.5 Å². The molecule has 0 aromatic carbocycles. The molecule has 2 aliphatic carbocycles. The standard InChI is InChI=1S/C15H21N3/c1-9(16)17-13-10-5-4-6-12(10)18-14-11(13)7-8-15(14,2)3/h1,4-8,16H2,2-3H3,(H,17,18). The summed E-state index contributed by atoms with van der Waals surface area (Å²) in [6.07, 6.45) is 5.69. The van der Waals surface area contributed by atoms with Crippen LogP contribution in [0.25, 0.3) is 0 Å². The molecular formula is C15H21N3. The molecule has 3 nitrogen and oxygen atoms in total. The Kier molecular flexibility index (Phi) is 2.40. The fourth-order valence-corrected chi connectivity index (χ4v) is 3.29. The summed E-state index contributed by atoms with van der Waals surface area (Å²) in [7, 11) is 0. The lowest BCUT2D eigenvalue weighted by Gasteiger charge is -2.21. The summed E-state index contributed by atoms with van der Waals surface area (Å²) in [6.45, 7) is 8.36. The van der Waals surface area contributed by atoms with E-state index in [4.69, 9.17) is 10.7 Å². The maximum Gasteiger partial charge on any atom is 0.0930 e. The summed E-state index contributed by atoms with van der Waals surface area (Å²) < 4.78 is 0. The Balaban J connectivity index is 2.20. The topological polar surface area (TPSA) is 50.9 Å². The fourth-order valence-electron chi connectivity index (χ4n) is 3.29.